The molecule has 2 N–H and O–H groups in total. The van der Waals surface area contributed by atoms with Crippen molar-refractivity contribution >= 4 is 23.0 Å². The van der Waals surface area contributed by atoms with Crippen LogP contribution in [-0.2, 0) is 4.74 Å². The molecule has 0 aromatic carbocycles. The predicted molar refractivity (Wildman–Crippen MR) is 81.2 cm³/mol. The second-order valence-corrected chi connectivity index (χ2v) is 4.31. The Bertz CT molecular complexity index is 622. The van der Waals surface area contributed by atoms with Crippen LogP contribution >= 0.6 is 0 Å². The largest absolute Gasteiger partial charge is 0.385 e. The van der Waals surface area contributed by atoms with E-state index in [0.29, 0.717) is 25.3 Å². The molecule has 0 unspecified atom stereocenters. The van der Waals surface area contributed by atoms with E-state index in [0.717, 1.165) is 0 Å². The zero-order chi connectivity index (χ0) is 15.8. The lowest BCUT2D eigenvalue weighted by Gasteiger charge is -2.09. The molecule has 0 radical (unpaired) electrons. The maximum atomic E-state index is 11.3. The van der Waals surface area contributed by atoms with Gasteiger partial charge in [-0.1, -0.05) is 0 Å². The summed E-state index contributed by atoms with van der Waals surface area (Å²) in [6.07, 6.45) is 5.15. The fourth-order valence-corrected chi connectivity index (χ4v) is 1.77. The fourth-order valence-electron chi connectivity index (χ4n) is 1.77. The molecular formula is C13H16N6O3. The van der Waals surface area contributed by atoms with Gasteiger partial charge >= 0.3 is 5.69 Å². The molecule has 0 bridgehead atoms. The van der Waals surface area contributed by atoms with Crippen molar-refractivity contribution < 1.29 is 9.66 Å². The van der Waals surface area contributed by atoms with Gasteiger partial charge in [0.1, 0.15) is 6.33 Å². The van der Waals surface area contributed by atoms with E-state index in [1.54, 1.807) is 31.6 Å². The molecule has 0 aliphatic carbocycles. The van der Waals surface area contributed by atoms with E-state index in [9.17, 15) is 10.1 Å². The maximum absolute atomic E-state index is 11.3. The van der Waals surface area contributed by atoms with Crippen LogP contribution in [0.1, 0.15) is 6.42 Å². The Kier molecular flexibility index (Phi) is 5.55. The minimum atomic E-state index is -0.512. The van der Waals surface area contributed by atoms with Gasteiger partial charge in [-0.2, -0.15) is 0 Å². The van der Waals surface area contributed by atoms with Gasteiger partial charge in [-0.05, 0) is 18.6 Å². The Morgan fingerprint density at radius 2 is 2.00 bits per heavy atom. The lowest BCUT2D eigenvalue weighted by atomic mass is 10.3. The second-order valence-electron chi connectivity index (χ2n) is 4.31. The number of ether oxygens (including phenoxy) is 1. The van der Waals surface area contributed by atoms with Crippen molar-refractivity contribution in [3.63, 3.8) is 0 Å². The zero-order valence-electron chi connectivity index (χ0n) is 12.0. The van der Waals surface area contributed by atoms with Crippen molar-refractivity contribution in [3.05, 3.63) is 41.0 Å². The third kappa shape index (κ3) is 4.09. The van der Waals surface area contributed by atoms with Crippen LogP contribution in [0, 0.1) is 10.1 Å². The number of nitro groups is 1. The first-order valence-electron chi connectivity index (χ1n) is 6.61. The highest BCUT2D eigenvalue weighted by atomic mass is 16.6. The second kappa shape index (κ2) is 7.84. The van der Waals surface area contributed by atoms with Gasteiger partial charge < -0.3 is 15.4 Å². The Morgan fingerprint density at radius 3 is 2.68 bits per heavy atom. The molecule has 0 spiro atoms. The highest BCUT2D eigenvalue weighted by Gasteiger charge is 2.22. The first kappa shape index (κ1) is 15.6. The van der Waals surface area contributed by atoms with Gasteiger partial charge in [-0.25, -0.2) is 9.97 Å². The first-order valence-corrected chi connectivity index (χ1v) is 6.61. The molecule has 9 nitrogen and oxygen atoms in total. The Labute approximate surface area is 126 Å². The summed E-state index contributed by atoms with van der Waals surface area (Å²) in [4.78, 5) is 22.6. The summed E-state index contributed by atoms with van der Waals surface area (Å²) >= 11 is 0. The van der Waals surface area contributed by atoms with Gasteiger partial charge in [0.2, 0.25) is 11.6 Å². The minimum absolute atomic E-state index is 0.125. The van der Waals surface area contributed by atoms with Crippen molar-refractivity contribution in [1.29, 1.82) is 0 Å². The van der Waals surface area contributed by atoms with Gasteiger partial charge in [0, 0.05) is 38.3 Å². The third-order valence-electron chi connectivity index (χ3n) is 2.77. The average Bonchev–Trinajstić information content (AvgIpc) is 2.52. The average molecular weight is 304 g/mol. The summed E-state index contributed by atoms with van der Waals surface area (Å²) in [6, 6.07) is 3.38. The van der Waals surface area contributed by atoms with Gasteiger partial charge in [-0.15, -0.1) is 0 Å². The van der Waals surface area contributed by atoms with Gasteiger partial charge in [0.15, 0.2) is 0 Å². The predicted octanol–water partition coefficient (Wildman–Crippen LogP) is 1.97. The number of rotatable bonds is 8. The van der Waals surface area contributed by atoms with E-state index in [-0.39, 0.29) is 17.3 Å². The van der Waals surface area contributed by atoms with Crippen LogP contribution in [0.2, 0.25) is 0 Å². The number of hydrogen-bond donors (Lipinski definition) is 2. The topological polar surface area (TPSA) is 115 Å². The number of pyridine rings is 1. The molecule has 22 heavy (non-hydrogen) atoms. The molecule has 0 fully saturated rings. The monoisotopic (exact) mass is 304 g/mol. The molecule has 116 valence electrons. The molecule has 0 saturated carbocycles. The molecule has 0 aliphatic heterocycles. The van der Waals surface area contributed by atoms with Crippen molar-refractivity contribution in [1.82, 2.24) is 15.0 Å². The van der Waals surface area contributed by atoms with Crippen molar-refractivity contribution in [2.24, 2.45) is 0 Å². The number of methoxy groups -OCH3 is 1. The summed E-state index contributed by atoms with van der Waals surface area (Å²) in [5, 5.41) is 17.2. The van der Waals surface area contributed by atoms with E-state index in [1.165, 1.54) is 6.33 Å². The van der Waals surface area contributed by atoms with Crippen LogP contribution in [0.5, 0.6) is 0 Å². The van der Waals surface area contributed by atoms with Crippen LogP contribution in [0.4, 0.5) is 23.0 Å². The minimum Gasteiger partial charge on any atom is -0.385 e. The standard InChI is InChI=1S/C13H16N6O3/c1-22-8-2-5-15-12-11(19(20)21)13(17-9-16-12)18-10-3-6-14-7-4-10/h3-4,6-7,9H,2,5,8H2,1H3,(H2,14,15,16,17,18). The Morgan fingerprint density at radius 1 is 1.27 bits per heavy atom. The smallest absolute Gasteiger partial charge is 0.353 e. The van der Waals surface area contributed by atoms with Crippen LogP contribution in [-0.4, -0.2) is 40.1 Å². The van der Waals surface area contributed by atoms with Gasteiger partial charge in [0.05, 0.1) is 4.92 Å². The van der Waals surface area contributed by atoms with E-state index >= 15 is 0 Å². The summed E-state index contributed by atoms with van der Waals surface area (Å²) in [6.45, 7) is 1.08. The number of hydrogen-bond acceptors (Lipinski definition) is 8. The molecule has 0 atom stereocenters. The van der Waals surface area contributed by atoms with Crippen LogP contribution in [0.25, 0.3) is 0 Å². The van der Waals surface area contributed by atoms with E-state index in [2.05, 4.69) is 25.6 Å². The van der Waals surface area contributed by atoms with E-state index < -0.39 is 4.92 Å². The maximum Gasteiger partial charge on any atom is 0.353 e. The van der Waals surface area contributed by atoms with Crippen molar-refractivity contribution in [2.45, 2.75) is 6.42 Å². The normalized spacial score (nSPS) is 10.2. The highest BCUT2D eigenvalue weighted by Crippen LogP contribution is 2.30. The summed E-state index contributed by atoms with van der Waals surface area (Å²) in [5.74, 6) is 0.299. The number of anilines is 3. The van der Waals surface area contributed by atoms with E-state index in [1.807, 2.05) is 0 Å². The molecule has 0 saturated heterocycles. The van der Waals surface area contributed by atoms with Gasteiger partial charge in [-0.3, -0.25) is 15.1 Å². The van der Waals surface area contributed by atoms with Gasteiger partial charge in [0.25, 0.3) is 0 Å². The number of nitrogens with zero attached hydrogens (tertiary/aromatic N) is 4. The molecule has 0 amide bonds. The quantitative estimate of drug-likeness (QED) is 0.432. The molecule has 2 rings (SSSR count). The fraction of sp³-hybridized carbons (Fsp3) is 0.308. The molecular weight excluding hydrogens is 288 g/mol. The number of nitrogens with one attached hydrogen (secondary N) is 2. The van der Waals surface area contributed by atoms with Crippen molar-refractivity contribution in [3.8, 4) is 0 Å². The Balaban J connectivity index is 2.20. The lowest BCUT2D eigenvalue weighted by Crippen LogP contribution is -2.10. The molecule has 9 heteroatoms. The zero-order valence-corrected chi connectivity index (χ0v) is 12.0. The summed E-state index contributed by atoms with van der Waals surface area (Å²) in [5.41, 5.74) is 0.457. The van der Waals surface area contributed by atoms with Crippen molar-refractivity contribution in [2.75, 3.05) is 30.9 Å². The van der Waals surface area contributed by atoms with Crippen LogP contribution in [0.15, 0.2) is 30.9 Å². The summed E-state index contributed by atoms with van der Waals surface area (Å²) in [7, 11) is 1.60. The third-order valence-corrected chi connectivity index (χ3v) is 2.77. The van der Waals surface area contributed by atoms with E-state index in [4.69, 9.17) is 4.74 Å². The Hall–Kier alpha value is -2.81. The first-order chi connectivity index (χ1) is 10.7. The highest BCUT2D eigenvalue weighted by molar-refractivity contribution is 5.73. The summed E-state index contributed by atoms with van der Waals surface area (Å²) < 4.78 is 4.94. The van der Waals surface area contributed by atoms with Crippen LogP contribution < -0.4 is 10.6 Å². The number of aromatic nitrogens is 3. The SMILES string of the molecule is COCCCNc1ncnc(Nc2ccncc2)c1[N+](=O)[O-]. The molecule has 2 heterocycles. The molecule has 0 aliphatic rings. The molecule has 2 aromatic heterocycles. The molecule has 2 aromatic rings. The van der Waals surface area contributed by atoms with Crippen LogP contribution in [0.3, 0.4) is 0 Å². The lowest BCUT2D eigenvalue weighted by molar-refractivity contribution is -0.383.